The first-order valence-corrected chi connectivity index (χ1v) is 7.94. The van der Waals surface area contributed by atoms with Crippen LogP contribution in [0, 0.1) is 17.3 Å². The van der Waals surface area contributed by atoms with Crippen LogP contribution < -0.4 is 5.32 Å². The van der Waals surface area contributed by atoms with E-state index in [1.165, 1.54) is 37.0 Å². The summed E-state index contributed by atoms with van der Waals surface area (Å²) in [6.45, 7) is 15.1. The summed E-state index contributed by atoms with van der Waals surface area (Å²) in [5.41, 5.74) is 3.18. The monoisotopic (exact) mass is 263 g/mol. The lowest BCUT2D eigenvalue weighted by Gasteiger charge is -2.25. The van der Waals surface area contributed by atoms with Crippen LogP contribution in [0.5, 0.6) is 0 Å². The fraction of sp³-hybridized carbons (Fsp3) is 0.778. The second-order valence-electron chi connectivity index (χ2n) is 7.33. The minimum Gasteiger partial charge on any atom is -0.388 e. The highest BCUT2D eigenvalue weighted by atomic mass is 14.9. The predicted molar refractivity (Wildman–Crippen MR) is 86.1 cm³/mol. The number of allylic oxidation sites excluding steroid dienone is 4. The van der Waals surface area contributed by atoms with Crippen molar-refractivity contribution < 1.29 is 0 Å². The van der Waals surface area contributed by atoms with E-state index >= 15 is 0 Å². The number of rotatable bonds is 5. The molecule has 1 heteroatoms. The van der Waals surface area contributed by atoms with Crippen LogP contribution in [0.25, 0.3) is 0 Å². The standard InChI is InChI=1S/C18H33N/c1-14(2)13-15(3)9-7-10-17-16(4)19-12-8-11-18(17,5)6/h7,10,14-15,19H,8-9,11-13H2,1-6H3/b10-7-. The molecule has 0 radical (unpaired) electrons. The normalized spacial score (nSPS) is 21.6. The van der Waals surface area contributed by atoms with E-state index in [0.29, 0.717) is 5.41 Å². The van der Waals surface area contributed by atoms with E-state index in [9.17, 15) is 0 Å². The summed E-state index contributed by atoms with van der Waals surface area (Å²) in [5.74, 6) is 1.60. The van der Waals surface area contributed by atoms with Crippen LogP contribution in [0.15, 0.2) is 23.4 Å². The van der Waals surface area contributed by atoms with Gasteiger partial charge in [-0.1, -0.05) is 46.8 Å². The van der Waals surface area contributed by atoms with Crippen molar-refractivity contribution in [1.82, 2.24) is 5.32 Å². The second-order valence-corrected chi connectivity index (χ2v) is 7.33. The van der Waals surface area contributed by atoms with Crippen molar-refractivity contribution in [3.05, 3.63) is 23.4 Å². The molecular weight excluding hydrogens is 230 g/mol. The Balaban J connectivity index is 2.66. The highest BCUT2D eigenvalue weighted by molar-refractivity contribution is 5.30. The van der Waals surface area contributed by atoms with E-state index in [1.54, 1.807) is 0 Å². The molecule has 1 aliphatic heterocycles. The quantitative estimate of drug-likeness (QED) is 0.710. The van der Waals surface area contributed by atoms with Gasteiger partial charge in [-0.2, -0.15) is 0 Å². The molecule has 110 valence electrons. The minimum absolute atomic E-state index is 0.311. The number of hydrogen-bond donors (Lipinski definition) is 1. The van der Waals surface area contributed by atoms with Gasteiger partial charge in [-0.05, 0) is 55.4 Å². The van der Waals surface area contributed by atoms with Crippen molar-refractivity contribution in [3.63, 3.8) is 0 Å². The van der Waals surface area contributed by atoms with E-state index in [-0.39, 0.29) is 0 Å². The molecule has 0 saturated carbocycles. The molecular formula is C18H33N. The summed E-state index contributed by atoms with van der Waals surface area (Å²) in [6, 6.07) is 0. The zero-order valence-corrected chi connectivity index (χ0v) is 13.8. The van der Waals surface area contributed by atoms with Crippen LogP contribution in [0.3, 0.4) is 0 Å². The van der Waals surface area contributed by atoms with Gasteiger partial charge in [0.1, 0.15) is 0 Å². The van der Waals surface area contributed by atoms with Crippen LogP contribution in [0.1, 0.15) is 67.2 Å². The van der Waals surface area contributed by atoms with Crippen molar-refractivity contribution in [2.24, 2.45) is 17.3 Å². The van der Waals surface area contributed by atoms with Crippen molar-refractivity contribution in [3.8, 4) is 0 Å². The van der Waals surface area contributed by atoms with E-state index in [1.807, 2.05) is 0 Å². The Kier molecular flexibility index (Phi) is 6.16. The molecule has 1 N–H and O–H groups in total. The Bertz CT molecular complexity index is 334. The fourth-order valence-electron chi connectivity index (χ4n) is 3.21. The van der Waals surface area contributed by atoms with Gasteiger partial charge in [0, 0.05) is 12.2 Å². The fourth-order valence-corrected chi connectivity index (χ4v) is 3.21. The molecule has 0 bridgehead atoms. The molecule has 0 aromatic rings. The first kappa shape index (κ1) is 16.3. The van der Waals surface area contributed by atoms with E-state index in [0.717, 1.165) is 18.4 Å². The molecule has 1 atom stereocenters. The molecule has 0 saturated heterocycles. The second kappa shape index (κ2) is 7.17. The summed E-state index contributed by atoms with van der Waals surface area (Å²) in [7, 11) is 0. The zero-order valence-electron chi connectivity index (χ0n) is 13.8. The van der Waals surface area contributed by atoms with Gasteiger partial charge in [-0.25, -0.2) is 0 Å². The van der Waals surface area contributed by atoms with Gasteiger partial charge in [-0.15, -0.1) is 0 Å². The van der Waals surface area contributed by atoms with Gasteiger partial charge >= 0.3 is 0 Å². The van der Waals surface area contributed by atoms with Crippen molar-refractivity contribution in [2.75, 3.05) is 6.54 Å². The number of nitrogens with one attached hydrogen (secondary N) is 1. The Hall–Kier alpha value is -0.720. The molecule has 0 aromatic heterocycles. The maximum Gasteiger partial charge on any atom is 0.0144 e. The summed E-state index contributed by atoms with van der Waals surface area (Å²) >= 11 is 0. The summed E-state index contributed by atoms with van der Waals surface area (Å²) in [5, 5.41) is 3.55. The molecule has 1 rings (SSSR count). The van der Waals surface area contributed by atoms with Gasteiger partial charge in [0.05, 0.1) is 0 Å². The summed E-state index contributed by atoms with van der Waals surface area (Å²) in [6.07, 6.45) is 9.84. The molecule has 1 nitrogen and oxygen atoms in total. The van der Waals surface area contributed by atoms with Crippen LogP contribution in [-0.2, 0) is 0 Å². The van der Waals surface area contributed by atoms with Crippen LogP contribution in [0.2, 0.25) is 0 Å². The summed E-state index contributed by atoms with van der Waals surface area (Å²) < 4.78 is 0. The van der Waals surface area contributed by atoms with Gasteiger partial charge in [-0.3, -0.25) is 0 Å². The van der Waals surface area contributed by atoms with Crippen molar-refractivity contribution in [2.45, 2.75) is 67.2 Å². The van der Waals surface area contributed by atoms with Crippen LogP contribution >= 0.6 is 0 Å². The van der Waals surface area contributed by atoms with E-state index < -0.39 is 0 Å². The topological polar surface area (TPSA) is 12.0 Å². The molecule has 0 aromatic carbocycles. The SMILES string of the molecule is CC1=C(/C=C\CC(C)CC(C)C)C(C)(C)CCCN1. The maximum absolute atomic E-state index is 3.55. The predicted octanol–water partition coefficient (Wildman–Crippen LogP) is 5.30. The van der Waals surface area contributed by atoms with Crippen LogP contribution in [-0.4, -0.2) is 6.54 Å². The summed E-state index contributed by atoms with van der Waals surface area (Å²) in [4.78, 5) is 0. The third-order valence-corrected chi connectivity index (χ3v) is 4.20. The first-order valence-electron chi connectivity index (χ1n) is 7.94. The molecule has 0 aliphatic carbocycles. The van der Waals surface area contributed by atoms with Gasteiger partial charge in [0.2, 0.25) is 0 Å². The lowest BCUT2D eigenvalue weighted by atomic mass is 9.79. The molecule has 1 heterocycles. The Labute approximate surface area is 120 Å². The van der Waals surface area contributed by atoms with Gasteiger partial charge < -0.3 is 5.32 Å². The third-order valence-electron chi connectivity index (χ3n) is 4.20. The number of hydrogen-bond acceptors (Lipinski definition) is 1. The lowest BCUT2D eigenvalue weighted by Crippen LogP contribution is -2.15. The van der Waals surface area contributed by atoms with E-state index in [2.05, 4.69) is 59.0 Å². The maximum atomic E-state index is 3.55. The average molecular weight is 263 g/mol. The Morgan fingerprint density at radius 1 is 1.26 bits per heavy atom. The average Bonchev–Trinajstić information content (AvgIpc) is 2.39. The Morgan fingerprint density at radius 2 is 1.95 bits per heavy atom. The first-order chi connectivity index (χ1) is 8.83. The molecule has 0 amide bonds. The van der Waals surface area contributed by atoms with E-state index in [4.69, 9.17) is 0 Å². The minimum atomic E-state index is 0.311. The molecule has 1 unspecified atom stereocenters. The smallest absolute Gasteiger partial charge is 0.0144 e. The van der Waals surface area contributed by atoms with Gasteiger partial charge in [0.15, 0.2) is 0 Å². The van der Waals surface area contributed by atoms with Crippen molar-refractivity contribution in [1.29, 1.82) is 0 Å². The molecule has 1 aliphatic rings. The Morgan fingerprint density at radius 3 is 2.58 bits per heavy atom. The third kappa shape index (κ3) is 5.42. The highest BCUT2D eigenvalue weighted by Gasteiger charge is 2.25. The lowest BCUT2D eigenvalue weighted by molar-refractivity contribution is 0.411. The van der Waals surface area contributed by atoms with Crippen molar-refractivity contribution >= 4 is 0 Å². The highest BCUT2D eigenvalue weighted by Crippen LogP contribution is 2.35. The van der Waals surface area contributed by atoms with Crippen LogP contribution in [0.4, 0.5) is 0 Å². The zero-order chi connectivity index (χ0) is 14.5. The van der Waals surface area contributed by atoms with Gasteiger partial charge in [0.25, 0.3) is 0 Å². The molecule has 19 heavy (non-hydrogen) atoms. The largest absolute Gasteiger partial charge is 0.388 e. The molecule has 0 spiro atoms. The molecule has 0 fully saturated rings.